The quantitative estimate of drug-likeness (QED) is 0.724. The van der Waals surface area contributed by atoms with Crippen molar-refractivity contribution in [3.05, 3.63) is 21.6 Å². The summed E-state index contributed by atoms with van der Waals surface area (Å²) < 4.78 is 0. The average molecular weight is 248 g/mol. The highest BCUT2D eigenvalue weighted by molar-refractivity contribution is 5.32. The van der Waals surface area contributed by atoms with Crippen LogP contribution < -0.4 is 16.2 Å². The number of hydrogen-bond donors (Lipinski definition) is 3. The fraction of sp³-hybridized carbons (Fsp3) is 0.692. The maximum absolute atomic E-state index is 12.0. The molecule has 2 aliphatic rings. The summed E-state index contributed by atoms with van der Waals surface area (Å²) in [4.78, 5) is 19.4. The van der Waals surface area contributed by atoms with Crippen LogP contribution in [0.4, 0.5) is 5.95 Å². The predicted molar refractivity (Wildman–Crippen MR) is 71.0 cm³/mol. The van der Waals surface area contributed by atoms with Gasteiger partial charge in [-0.2, -0.15) is 0 Å². The summed E-state index contributed by atoms with van der Waals surface area (Å²) in [6.45, 7) is 2.03. The lowest BCUT2D eigenvalue weighted by molar-refractivity contribution is 0.477. The highest BCUT2D eigenvalue weighted by Gasteiger charge is 2.18. The number of aryl methyl sites for hydroxylation is 1. The van der Waals surface area contributed by atoms with Crippen LogP contribution in [0.25, 0.3) is 0 Å². The van der Waals surface area contributed by atoms with E-state index < -0.39 is 0 Å². The lowest BCUT2D eigenvalue weighted by Crippen LogP contribution is -2.39. The highest BCUT2D eigenvalue weighted by atomic mass is 16.1. The van der Waals surface area contributed by atoms with Crippen molar-refractivity contribution in [2.24, 2.45) is 0 Å². The van der Waals surface area contributed by atoms with Crippen molar-refractivity contribution >= 4 is 5.95 Å². The third kappa shape index (κ3) is 2.41. The molecule has 0 amide bonds. The zero-order valence-corrected chi connectivity index (χ0v) is 10.6. The topological polar surface area (TPSA) is 69.8 Å². The minimum absolute atomic E-state index is 0.0472. The van der Waals surface area contributed by atoms with Crippen LogP contribution in [-0.2, 0) is 12.8 Å². The van der Waals surface area contributed by atoms with Gasteiger partial charge >= 0.3 is 0 Å². The number of H-pyrrole nitrogens is 1. The number of nitrogens with one attached hydrogen (secondary N) is 3. The molecule has 0 saturated carbocycles. The Balaban J connectivity index is 1.80. The van der Waals surface area contributed by atoms with Crippen LogP contribution in [0.3, 0.4) is 0 Å². The number of hydrogen-bond acceptors (Lipinski definition) is 4. The van der Waals surface area contributed by atoms with E-state index in [0.717, 1.165) is 56.5 Å². The smallest absolute Gasteiger partial charge is 0.255 e. The van der Waals surface area contributed by atoms with Crippen molar-refractivity contribution in [3.8, 4) is 0 Å². The van der Waals surface area contributed by atoms with Gasteiger partial charge in [-0.25, -0.2) is 4.98 Å². The van der Waals surface area contributed by atoms with Gasteiger partial charge in [-0.15, -0.1) is 0 Å². The van der Waals surface area contributed by atoms with Crippen LogP contribution >= 0.6 is 0 Å². The minimum Gasteiger partial charge on any atom is -0.352 e. The number of nitrogens with zero attached hydrogens (tertiary/aromatic N) is 1. The van der Waals surface area contributed by atoms with Gasteiger partial charge in [0.1, 0.15) is 0 Å². The fourth-order valence-electron chi connectivity index (χ4n) is 2.84. The van der Waals surface area contributed by atoms with Gasteiger partial charge < -0.3 is 10.6 Å². The number of anilines is 1. The van der Waals surface area contributed by atoms with Crippen molar-refractivity contribution < 1.29 is 0 Å². The molecule has 1 aliphatic heterocycles. The van der Waals surface area contributed by atoms with Crippen molar-refractivity contribution in [1.82, 2.24) is 15.3 Å². The van der Waals surface area contributed by atoms with Crippen LogP contribution in [0.5, 0.6) is 0 Å². The Hall–Kier alpha value is -1.36. The van der Waals surface area contributed by atoms with Crippen LogP contribution in [0.1, 0.15) is 36.9 Å². The van der Waals surface area contributed by atoms with E-state index in [4.69, 9.17) is 0 Å². The van der Waals surface area contributed by atoms with Crippen molar-refractivity contribution in [2.45, 2.75) is 44.6 Å². The van der Waals surface area contributed by atoms with Gasteiger partial charge in [0.05, 0.1) is 5.69 Å². The molecule has 0 spiro atoms. The van der Waals surface area contributed by atoms with E-state index >= 15 is 0 Å². The van der Waals surface area contributed by atoms with Gasteiger partial charge in [-0.05, 0) is 45.1 Å². The second kappa shape index (κ2) is 5.10. The first-order chi connectivity index (χ1) is 8.83. The highest BCUT2D eigenvalue weighted by Crippen LogP contribution is 2.17. The summed E-state index contributed by atoms with van der Waals surface area (Å²) in [6.07, 6.45) is 6.38. The van der Waals surface area contributed by atoms with Crippen LogP contribution in [0.2, 0.25) is 0 Å². The maximum Gasteiger partial charge on any atom is 0.255 e. The molecule has 1 aromatic heterocycles. The molecule has 1 unspecified atom stereocenters. The van der Waals surface area contributed by atoms with E-state index in [1.165, 1.54) is 6.42 Å². The molecule has 2 heterocycles. The minimum atomic E-state index is 0.0472. The molecule has 0 radical (unpaired) electrons. The summed E-state index contributed by atoms with van der Waals surface area (Å²) in [5.41, 5.74) is 1.94. The third-order valence-corrected chi connectivity index (χ3v) is 3.83. The van der Waals surface area contributed by atoms with E-state index in [0.29, 0.717) is 12.0 Å². The number of fused-ring (bicyclic) bond motifs is 1. The van der Waals surface area contributed by atoms with Gasteiger partial charge in [0.15, 0.2) is 0 Å². The van der Waals surface area contributed by atoms with E-state index in [9.17, 15) is 4.79 Å². The largest absolute Gasteiger partial charge is 0.352 e. The molecular weight excluding hydrogens is 228 g/mol. The number of aromatic amines is 1. The number of piperidine rings is 1. The SMILES string of the molecule is O=c1[nH]c(NC2CCCNC2)nc2c1CCCC2. The standard InChI is InChI=1S/C13H20N4O/c18-12-10-5-1-2-6-11(10)16-13(17-12)15-9-4-3-7-14-8-9/h9,14H,1-8H2,(H2,15,16,17,18). The second-order valence-electron chi connectivity index (χ2n) is 5.23. The van der Waals surface area contributed by atoms with Crippen molar-refractivity contribution in [2.75, 3.05) is 18.4 Å². The Morgan fingerprint density at radius 3 is 2.94 bits per heavy atom. The molecule has 0 bridgehead atoms. The first-order valence-electron chi connectivity index (χ1n) is 6.92. The normalized spacial score (nSPS) is 23.4. The molecule has 1 atom stereocenters. The molecule has 1 aliphatic carbocycles. The number of rotatable bonds is 2. The van der Waals surface area contributed by atoms with Gasteiger partial charge in [0, 0.05) is 18.2 Å². The fourth-order valence-corrected chi connectivity index (χ4v) is 2.84. The summed E-state index contributed by atoms with van der Waals surface area (Å²) in [5.74, 6) is 0.648. The molecule has 3 rings (SSSR count). The van der Waals surface area contributed by atoms with Crippen LogP contribution in [0, 0.1) is 0 Å². The summed E-state index contributed by atoms with van der Waals surface area (Å²) in [5, 5.41) is 6.69. The van der Waals surface area contributed by atoms with Crippen molar-refractivity contribution in [1.29, 1.82) is 0 Å². The number of aromatic nitrogens is 2. The first-order valence-corrected chi connectivity index (χ1v) is 6.92. The zero-order valence-electron chi connectivity index (χ0n) is 10.6. The van der Waals surface area contributed by atoms with Gasteiger partial charge in [0.25, 0.3) is 5.56 Å². The molecule has 98 valence electrons. The summed E-state index contributed by atoms with van der Waals surface area (Å²) in [6, 6.07) is 0.378. The van der Waals surface area contributed by atoms with E-state index in [1.807, 2.05) is 0 Å². The van der Waals surface area contributed by atoms with Gasteiger partial charge in [-0.1, -0.05) is 0 Å². The molecular formula is C13H20N4O. The van der Waals surface area contributed by atoms with E-state index in [-0.39, 0.29) is 5.56 Å². The van der Waals surface area contributed by atoms with Gasteiger partial charge in [0.2, 0.25) is 5.95 Å². The van der Waals surface area contributed by atoms with Crippen molar-refractivity contribution in [3.63, 3.8) is 0 Å². The summed E-state index contributed by atoms with van der Waals surface area (Å²) >= 11 is 0. The van der Waals surface area contributed by atoms with Crippen LogP contribution in [-0.4, -0.2) is 29.1 Å². The zero-order chi connectivity index (χ0) is 12.4. The molecule has 5 heteroatoms. The monoisotopic (exact) mass is 248 g/mol. The Morgan fingerprint density at radius 1 is 1.22 bits per heavy atom. The lowest BCUT2D eigenvalue weighted by atomic mass is 9.97. The third-order valence-electron chi connectivity index (χ3n) is 3.83. The summed E-state index contributed by atoms with van der Waals surface area (Å²) in [7, 11) is 0. The molecule has 0 aromatic carbocycles. The van der Waals surface area contributed by atoms with E-state index in [1.54, 1.807) is 0 Å². The molecule has 1 aromatic rings. The molecule has 3 N–H and O–H groups in total. The molecule has 1 fully saturated rings. The van der Waals surface area contributed by atoms with Crippen LogP contribution in [0.15, 0.2) is 4.79 Å². The second-order valence-corrected chi connectivity index (χ2v) is 5.23. The Bertz CT molecular complexity index is 476. The predicted octanol–water partition coefficient (Wildman–Crippen LogP) is 0.813. The molecule has 1 saturated heterocycles. The van der Waals surface area contributed by atoms with Gasteiger partial charge in [-0.3, -0.25) is 9.78 Å². The maximum atomic E-state index is 12.0. The lowest BCUT2D eigenvalue weighted by Gasteiger charge is -2.24. The molecule has 5 nitrogen and oxygen atoms in total. The Kier molecular flexibility index (Phi) is 3.32. The first kappa shape index (κ1) is 11.7. The average Bonchev–Trinajstić information content (AvgIpc) is 2.40. The Labute approximate surface area is 106 Å². The molecule has 18 heavy (non-hydrogen) atoms. The Morgan fingerprint density at radius 2 is 2.11 bits per heavy atom. The van der Waals surface area contributed by atoms with E-state index in [2.05, 4.69) is 20.6 Å².